The SMILES string of the molecule is Cc1cnoc1C(=O)NCCCNC1CC1. The van der Waals surface area contributed by atoms with Gasteiger partial charge in [-0.15, -0.1) is 0 Å². The van der Waals surface area contributed by atoms with Crippen LogP contribution in [0.5, 0.6) is 0 Å². The zero-order valence-electron chi connectivity index (χ0n) is 9.45. The fraction of sp³-hybridized carbons (Fsp3) is 0.636. The number of hydrogen-bond donors (Lipinski definition) is 2. The van der Waals surface area contributed by atoms with E-state index in [-0.39, 0.29) is 5.91 Å². The zero-order valence-corrected chi connectivity index (χ0v) is 9.45. The Kier molecular flexibility index (Phi) is 3.56. The fourth-order valence-electron chi connectivity index (χ4n) is 1.47. The summed E-state index contributed by atoms with van der Waals surface area (Å²) in [5.41, 5.74) is 0.772. The molecule has 5 nitrogen and oxygen atoms in total. The third-order valence-corrected chi connectivity index (χ3v) is 2.60. The van der Waals surface area contributed by atoms with E-state index in [9.17, 15) is 4.79 Å². The highest BCUT2D eigenvalue weighted by atomic mass is 16.5. The van der Waals surface area contributed by atoms with Gasteiger partial charge in [-0.25, -0.2) is 0 Å². The van der Waals surface area contributed by atoms with Crippen LogP contribution in [0.3, 0.4) is 0 Å². The van der Waals surface area contributed by atoms with Crippen molar-refractivity contribution in [3.8, 4) is 0 Å². The quantitative estimate of drug-likeness (QED) is 0.702. The smallest absolute Gasteiger partial charge is 0.290 e. The second-order valence-corrected chi connectivity index (χ2v) is 4.18. The Morgan fingerprint density at radius 3 is 3.00 bits per heavy atom. The van der Waals surface area contributed by atoms with Crippen molar-refractivity contribution in [2.75, 3.05) is 13.1 Å². The third kappa shape index (κ3) is 3.06. The lowest BCUT2D eigenvalue weighted by molar-refractivity contribution is 0.0915. The molecule has 0 aromatic carbocycles. The molecule has 0 bridgehead atoms. The van der Waals surface area contributed by atoms with Gasteiger partial charge in [-0.3, -0.25) is 4.79 Å². The van der Waals surface area contributed by atoms with Crippen LogP contribution in [0.2, 0.25) is 0 Å². The van der Waals surface area contributed by atoms with E-state index in [1.165, 1.54) is 12.8 Å². The van der Waals surface area contributed by atoms with Crippen molar-refractivity contribution in [2.24, 2.45) is 0 Å². The molecule has 0 radical (unpaired) electrons. The maximum absolute atomic E-state index is 11.6. The summed E-state index contributed by atoms with van der Waals surface area (Å²) in [4.78, 5) is 11.6. The average molecular weight is 223 g/mol. The molecule has 1 amide bonds. The number of nitrogens with zero attached hydrogens (tertiary/aromatic N) is 1. The molecule has 0 atom stereocenters. The molecule has 1 aromatic heterocycles. The van der Waals surface area contributed by atoms with Crippen LogP contribution in [0.4, 0.5) is 0 Å². The van der Waals surface area contributed by atoms with Gasteiger partial charge in [-0.1, -0.05) is 5.16 Å². The van der Waals surface area contributed by atoms with E-state index in [0.717, 1.165) is 24.6 Å². The van der Waals surface area contributed by atoms with Gasteiger partial charge >= 0.3 is 0 Å². The van der Waals surface area contributed by atoms with Gasteiger partial charge in [-0.05, 0) is 32.7 Å². The number of aryl methyl sites for hydroxylation is 1. The van der Waals surface area contributed by atoms with Gasteiger partial charge in [0.15, 0.2) is 0 Å². The van der Waals surface area contributed by atoms with Crippen molar-refractivity contribution >= 4 is 5.91 Å². The summed E-state index contributed by atoms with van der Waals surface area (Å²) in [6, 6.07) is 0.729. The molecule has 1 aliphatic carbocycles. The summed E-state index contributed by atoms with van der Waals surface area (Å²) >= 11 is 0. The zero-order chi connectivity index (χ0) is 11.4. The molecule has 5 heteroatoms. The van der Waals surface area contributed by atoms with Gasteiger partial charge in [0, 0.05) is 18.2 Å². The van der Waals surface area contributed by atoms with Crippen LogP contribution in [-0.4, -0.2) is 30.2 Å². The fourth-order valence-corrected chi connectivity index (χ4v) is 1.47. The van der Waals surface area contributed by atoms with E-state index in [4.69, 9.17) is 4.52 Å². The van der Waals surface area contributed by atoms with Gasteiger partial charge < -0.3 is 15.2 Å². The second-order valence-electron chi connectivity index (χ2n) is 4.18. The molecular formula is C11H17N3O2. The lowest BCUT2D eigenvalue weighted by atomic mass is 10.3. The molecule has 1 aliphatic rings. The lowest BCUT2D eigenvalue weighted by Crippen LogP contribution is -2.28. The summed E-state index contributed by atoms with van der Waals surface area (Å²) in [6.45, 7) is 3.43. The summed E-state index contributed by atoms with van der Waals surface area (Å²) in [5.74, 6) is 0.136. The van der Waals surface area contributed by atoms with Crippen LogP contribution in [0.15, 0.2) is 10.7 Å². The Labute approximate surface area is 94.6 Å². The van der Waals surface area contributed by atoms with Crippen molar-refractivity contribution in [2.45, 2.75) is 32.2 Å². The van der Waals surface area contributed by atoms with Gasteiger partial charge in [0.2, 0.25) is 5.76 Å². The van der Waals surface area contributed by atoms with Gasteiger partial charge in [0.25, 0.3) is 5.91 Å². The minimum absolute atomic E-state index is 0.179. The topological polar surface area (TPSA) is 67.2 Å². The number of amides is 1. The van der Waals surface area contributed by atoms with Gasteiger partial charge in [-0.2, -0.15) is 0 Å². The summed E-state index contributed by atoms with van der Waals surface area (Å²) in [5, 5.41) is 9.77. The Bertz CT molecular complexity index is 358. The lowest BCUT2D eigenvalue weighted by Gasteiger charge is -2.04. The van der Waals surface area contributed by atoms with Crippen molar-refractivity contribution in [3.05, 3.63) is 17.5 Å². The number of nitrogens with one attached hydrogen (secondary N) is 2. The molecule has 16 heavy (non-hydrogen) atoms. The van der Waals surface area contributed by atoms with E-state index in [1.54, 1.807) is 13.1 Å². The monoisotopic (exact) mass is 223 g/mol. The molecule has 2 rings (SSSR count). The molecule has 0 spiro atoms. The Balaban J connectivity index is 1.61. The van der Waals surface area contributed by atoms with E-state index >= 15 is 0 Å². The molecule has 1 aromatic rings. The summed E-state index contributed by atoms with van der Waals surface area (Å²) < 4.78 is 4.85. The molecule has 0 unspecified atom stereocenters. The maximum Gasteiger partial charge on any atom is 0.290 e. The van der Waals surface area contributed by atoms with Gasteiger partial charge in [0.05, 0.1) is 6.20 Å². The molecule has 1 fully saturated rings. The van der Waals surface area contributed by atoms with Crippen molar-refractivity contribution in [3.63, 3.8) is 0 Å². The molecular weight excluding hydrogens is 206 g/mol. The van der Waals surface area contributed by atoms with Crippen molar-refractivity contribution in [1.82, 2.24) is 15.8 Å². The molecule has 88 valence electrons. The van der Waals surface area contributed by atoms with Crippen LogP contribution < -0.4 is 10.6 Å². The molecule has 1 heterocycles. The molecule has 0 aliphatic heterocycles. The molecule has 2 N–H and O–H groups in total. The number of hydrogen-bond acceptors (Lipinski definition) is 4. The highest BCUT2D eigenvalue weighted by Crippen LogP contribution is 2.18. The Morgan fingerprint density at radius 2 is 2.38 bits per heavy atom. The van der Waals surface area contributed by atoms with Crippen LogP contribution in [0, 0.1) is 6.92 Å². The second kappa shape index (κ2) is 5.12. The standard InChI is InChI=1S/C11H17N3O2/c1-8-7-14-16-10(8)11(15)13-6-2-5-12-9-3-4-9/h7,9,12H,2-6H2,1H3,(H,13,15). The van der Waals surface area contributed by atoms with E-state index in [1.807, 2.05) is 0 Å². The third-order valence-electron chi connectivity index (χ3n) is 2.60. The largest absolute Gasteiger partial charge is 0.351 e. The first kappa shape index (κ1) is 11.1. The van der Waals surface area contributed by atoms with Crippen LogP contribution in [0.25, 0.3) is 0 Å². The van der Waals surface area contributed by atoms with Gasteiger partial charge in [0.1, 0.15) is 0 Å². The van der Waals surface area contributed by atoms with E-state index in [0.29, 0.717) is 12.3 Å². The molecule has 1 saturated carbocycles. The predicted octanol–water partition coefficient (Wildman–Crippen LogP) is 0.855. The Hall–Kier alpha value is -1.36. The van der Waals surface area contributed by atoms with Crippen LogP contribution in [-0.2, 0) is 0 Å². The number of rotatable bonds is 6. The first-order chi connectivity index (χ1) is 7.77. The summed E-state index contributed by atoms with van der Waals surface area (Å²) in [7, 11) is 0. The maximum atomic E-state index is 11.6. The Morgan fingerprint density at radius 1 is 1.56 bits per heavy atom. The number of aromatic nitrogens is 1. The average Bonchev–Trinajstić information content (AvgIpc) is 2.99. The highest BCUT2D eigenvalue weighted by molar-refractivity contribution is 5.92. The highest BCUT2D eigenvalue weighted by Gasteiger charge is 2.19. The minimum Gasteiger partial charge on any atom is -0.351 e. The van der Waals surface area contributed by atoms with E-state index in [2.05, 4.69) is 15.8 Å². The van der Waals surface area contributed by atoms with E-state index < -0.39 is 0 Å². The minimum atomic E-state index is -0.179. The predicted molar refractivity (Wildman–Crippen MR) is 59.2 cm³/mol. The van der Waals surface area contributed by atoms with Crippen LogP contribution >= 0.6 is 0 Å². The van der Waals surface area contributed by atoms with Crippen molar-refractivity contribution in [1.29, 1.82) is 0 Å². The van der Waals surface area contributed by atoms with Crippen LogP contribution in [0.1, 0.15) is 35.4 Å². The number of carbonyl (C=O) groups is 1. The normalized spacial score (nSPS) is 15.1. The first-order valence-corrected chi connectivity index (χ1v) is 5.70. The number of carbonyl (C=O) groups excluding carboxylic acids is 1. The summed E-state index contributed by atoms with van der Waals surface area (Å²) in [6.07, 6.45) is 5.08. The van der Waals surface area contributed by atoms with Crippen molar-refractivity contribution < 1.29 is 9.32 Å². The molecule has 0 saturated heterocycles. The first-order valence-electron chi connectivity index (χ1n) is 5.70.